The summed E-state index contributed by atoms with van der Waals surface area (Å²) >= 11 is 0. The minimum absolute atomic E-state index is 0.00546. The van der Waals surface area contributed by atoms with Gasteiger partial charge in [0.1, 0.15) is 5.69 Å². The molecular formula is C14H12N4O3. The topological polar surface area (TPSA) is 99.3 Å². The molecule has 1 atom stereocenters. The van der Waals surface area contributed by atoms with Crippen LogP contribution in [-0.4, -0.2) is 14.9 Å². The van der Waals surface area contributed by atoms with Gasteiger partial charge in [0.2, 0.25) is 5.69 Å². The van der Waals surface area contributed by atoms with Gasteiger partial charge >= 0.3 is 5.69 Å². The molecule has 1 unspecified atom stereocenters. The van der Waals surface area contributed by atoms with Gasteiger partial charge in [-0.15, -0.1) is 0 Å². The summed E-state index contributed by atoms with van der Waals surface area (Å²) in [6.07, 6.45) is 2.53. The Labute approximate surface area is 119 Å². The third-order valence-corrected chi connectivity index (χ3v) is 3.26. The molecule has 21 heavy (non-hydrogen) atoms. The van der Waals surface area contributed by atoms with E-state index in [0.29, 0.717) is 5.69 Å². The molecule has 106 valence electrons. The van der Waals surface area contributed by atoms with Crippen LogP contribution in [0.2, 0.25) is 0 Å². The number of rotatable bonds is 3. The molecule has 7 nitrogen and oxygen atoms in total. The predicted octanol–water partition coefficient (Wildman–Crippen LogP) is 2.13. The first-order valence-corrected chi connectivity index (χ1v) is 6.29. The van der Waals surface area contributed by atoms with Crippen LogP contribution >= 0.6 is 0 Å². The molecule has 0 radical (unpaired) electrons. The van der Waals surface area contributed by atoms with Crippen molar-refractivity contribution in [1.82, 2.24) is 9.97 Å². The first kappa shape index (κ1) is 13.2. The highest BCUT2D eigenvalue weighted by Gasteiger charge is 2.21. The van der Waals surface area contributed by atoms with E-state index in [1.807, 2.05) is 13.0 Å². The van der Waals surface area contributed by atoms with E-state index in [2.05, 4.69) is 9.97 Å². The molecule has 7 heteroatoms. The summed E-state index contributed by atoms with van der Waals surface area (Å²) < 4.78 is 0. The minimum atomic E-state index is -0.576. The number of nitrogens with one attached hydrogen (secondary N) is 2. The Hall–Kier alpha value is -2.77. The lowest BCUT2D eigenvalue weighted by molar-refractivity contribution is -0.701. The molecule has 0 aliphatic heterocycles. The van der Waals surface area contributed by atoms with E-state index in [9.17, 15) is 15.3 Å². The van der Waals surface area contributed by atoms with Crippen molar-refractivity contribution in [2.24, 2.45) is 0 Å². The van der Waals surface area contributed by atoms with Crippen LogP contribution in [-0.2, 0) is 0 Å². The van der Waals surface area contributed by atoms with E-state index in [1.165, 1.54) is 18.5 Å². The standard InChI is InChI=1S/C14H12N4O3/c1-9-6-10-7-11(2-3-12(10)16-9)17(19)14-8-15-5-4-13(14)18(20)21/h2-8,16-17H,1H3. The number of aromatic nitrogens is 2. The monoisotopic (exact) mass is 284 g/mol. The van der Waals surface area contributed by atoms with Gasteiger partial charge in [0, 0.05) is 41.0 Å². The molecular weight excluding hydrogens is 272 g/mol. The highest BCUT2D eigenvalue weighted by Crippen LogP contribution is 2.22. The van der Waals surface area contributed by atoms with E-state index < -0.39 is 9.99 Å². The maximum Gasteiger partial charge on any atom is 0.333 e. The third-order valence-electron chi connectivity index (χ3n) is 3.26. The molecule has 0 saturated heterocycles. The second-order valence-electron chi connectivity index (χ2n) is 4.73. The summed E-state index contributed by atoms with van der Waals surface area (Å²) in [5.41, 5.74) is 2.07. The van der Waals surface area contributed by atoms with Crippen molar-refractivity contribution >= 4 is 28.0 Å². The summed E-state index contributed by atoms with van der Waals surface area (Å²) in [5, 5.41) is 23.9. The predicted molar refractivity (Wildman–Crippen MR) is 77.6 cm³/mol. The van der Waals surface area contributed by atoms with E-state index in [4.69, 9.17) is 0 Å². The molecule has 0 spiro atoms. The van der Waals surface area contributed by atoms with Gasteiger partial charge < -0.3 is 15.3 Å². The van der Waals surface area contributed by atoms with Crippen LogP contribution in [0.3, 0.4) is 0 Å². The van der Waals surface area contributed by atoms with Crippen molar-refractivity contribution in [2.75, 3.05) is 0 Å². The SMILES string of the molecule is Cc1cc2cc([NH+]([O-])c3cnccc3[N+](=O)[O-])ccc2[nH]1. The fraction of sp³-hybridized carbons (Fsp3) is 0.0714. The second kappa shape index (κ2) is 4.97. The number of nitrogens with zero attached hydrogens (tertiary/aromatic N) is 2. The Kier molecular flexibility index (Phi) is 3.13. The van der Waals surface area contributed by atoms with Crippen molar-refractivity contribution in [3.63, 3.8) is 0 Å². The maximum absolute atomic E-state index is 12.5. The number of aryl methyl sites for hydroxylation is 1. The van der Waals surface area contributed by atoms with Gasteiger partial charge in [-0.3, -0.25) is 15.1 Å². The van der Waals surface area contributed by atoms with Gasteiger partial charge in [0.25, 0.3) is 0 Å². The third kappa shape index (κ3) is 2.35. The van der Waals surface area contributed by atoms with Gasteiger partial charge in [-0.25, -0.2) is 0 Å². The molecule has 1 aromatic carbocycles. The number of aromatic amines is 1. The number of quaternary nitrogens is 1. The molecule has 3 rings (SSSR count). The lowest BCUT2D eigenvalue weighted by Gasteiger charge is -2.20. The van der Waals surface area contributed by atoms with Crippen LogP contribution in [0.1, 0.15) is 5.69 Å². The lowest BCUT2D eigenvalue weighted by Crippen LogP contribution is -2.96. The first-order valence-electron chi connectivity index (χ1n) is 6.29. The van der Waals surface area contributed by atoms with Crippen molar-refractivity contribution in [1.29, 1.82) is 0 Å². The average Bonchev–Trinajstić information content (AvgIpc) is 2.85. The molecule has 0 amide bonds. The van der Waals surface area contributed by atoms with E-state index in [0.717, 1.165) is 16.6 Å². The molecule has 0 aliphatic rings. The Morgan fingerprint density at radius 1 is 1.29 bits per heavy atom. The Morgan fingerprint density at radius 3 is 2.86 bits per heavy atom. The van der Waals surface area contributed by atoms with Crippen LogP contribution in [0.4, 0.5) is 17.1 Å². The summed E-state index contributed by atoms with van der Waals surface area (Å²) in [6, 6.07) is 8.31. The smallest absolute Gasteiger partial charge is 0.333 e. The highest BCUT2D eigenvalue weighted by atomic mass is 16.6. The van der Waals surface area contributed by atoms with Gasteiger partial charge in [-0.2, -0.15) is 0 Å². The normalized spacial score (nSPS) is 12.5. The molecule has 0 saturated carbocycles. The van der Waals surface area contributed by atoms with Crippen LogP contribution in [0.25, 0.3) is 10.9 Å². The molecule has 0 aliphatic carbocycles. The number of fused-ring (bicyclic) bond motifs is 1. The summed E-state index contributed by atoms with van der Waals surface area (Å²) in [4.78, 5) is 17.4. The summed E-state index contributed by atoms with van der Waals surface area (Å²) in [5.74, 6) is 0. The second-order valence-corrected chi connectivity index (χ2v) is 4.73. The fourth-order valence-electron chi connectivity index (χ4n) is 2.30. The molecule has 2 heterocycles. The van der Waals surface area contributed by atoms with E-state index in [-0.39, 0.29) is 11.4 Å². The Balaban J connectivity index is 2.07. The van der Waals surface area contributed by atoms with Crippen molar-refractivity contribution < 1.29 is 9.99 Å². The fourth-order valence-corrected chi connectivity index (χ4v) is 2.30. The number of pyridine rings is 1. The van der Waals surface area contributed by atoms with E-state index in [1.54, 1.807) is 18.2 Å². The van der Waals surface area contributed by atoms with Crippen LogP contribution in [0, 0.1) is 22.2 Å². The minimum Gasteiger partial charge on any atom is -0.623 e. The summed E-state index contributed by atoms with van der Waals surface area (Å²) in [7, 11) is 0. The molecule has 0 fully saturated rings. The summed E-state index contributed by atoms with van der Waals surface area (Å²) in [6.45, 7) is 1.92. The first-order chi connectivity index (χ1) is 10.1. The molecule has 2 aromatic heterocycles. The number of nitro groups is 1. The Bertz CT molecular complexity index is 828. The highest BCUT2D eigenvalue weighted by molar-refractivity contribution is 5.82. The van der Waals surface area contributed by atoms with Crippen molar-refractivity contribution in [3.05, 3.63) is 63.7 Å². The zero-order valence-electron chi connectivity index (χ0n) is 11.2. The molecule has 2 N–H and O–H groups in total. The lowest BCUT2D eigenvalue weighted by atomic mass is 10.2. The quantitative estimate of drug-likeness (QED) is 0.568. The van der Waals surface area contributed by atoms with Gasteiger partial charge in [-0.1, -0.05) is 0 Å². The number of H-pyrrole nitrogens is 1. The zero-order chi connectivity index (χ0) is 15.0. The van der Waals surface area contributed by atoms with Gasteiger partial charge in [-0.05, 0) is 19.1 Å². The van der Waals surface area contributed by atoms with Gasteiger partial charge in [0.15, 0.2) is 0 Å². The van der Waals surface area contributed by atoms with E-state index >= 15 is 0 Å². The number of benzene rings is 1. The largest absolute Gasteiger partial charge is 0.623 e. The maximum atomic E-state index is 12.5. The molecule has 0 bridgehead atoms. The van der Waals surface area contributed by atoms with Gasteiger partial charge in [0.05, 0.1) is 11.1 Å². The molecule has 3 aromatic rings. The zero-order valence-corrected chi connectivity index (χ0v) is 11.2. The van der Waals surface area contributed by atoms with Crippen LogP contribution in [0.15, 0.2) is 42.7 Å². The van der Waals surface area contributed by atoms with Crippen molar-refractivity contribution in [2.45, 2.75) is 6.92 Å². The van der Waals surface area contributed by atoms with Crippen LogP contribution in [0.5, 0.6) is 0 Å². The van der Waals surface area contributed by atoms with Crippen LogP contribution < -0.4 is 5.06 Å². The van der Waals surface area contributed by atoms with Crippen molar-refractivity contribution in [3.8, 4) is 0 Å². The Morgan fingerprint density at radius 2 is 2.10 bits per heavy atom. The average molecular weight is 284 g/mol. The number of hydrogen-bond donors (Lipinski definition) is 2. The number of hydrogen-bond acceptors (Lipinski definition) is 4.